The summed E-state index contributed by atoms with van der Waals surface area (Å²) in [5, 5.41) is 2.54. The average molecular weight is 311 g/mol. The second kappa shape index (κ2) is 5.51. The molecule has 1 atom stereocenters. The molecule has 0 spiro atoms. The summed E-state index contributed by atoms with van der Waals surface area (Å²) in [6.07, 6.45) is 1.65. The smallest absolute Gasteiger partial charge is 0.241 e. The first-order valence-electron chi connectivity index (χ1n) is 6.09. The Morgan fingerprint density at radius 1 is 1.35 bits per heavy atom. The zero-order valence-electron chi connectivity index (χ0n) is 11.5. The van der Waals surface area contributed by atoms with Gasteiger partial charge in [0, 0.05) is 17.3 Å². The Labute approximate surface area is 122 Å². The van der Waals surface area contributed by atoms with Crippen LogP contribution in [0.1, 0.15) is 29.1 Å². The highest BCUT2D eigenvalue weighted by molar-refractivity contribution is 7.89. The Morgan fingerprint density at radius 3 is 2.60 bits per heavy atom. The van der Waals surface area contributed by atoms with Gasteiger partial charge in [0.1, 0.15) is 5.01 Å². The van der Waals surface area contributed by atoms with Crippen molar-refractivity contribution in [1.29, 1.82) is 0 Å². The molecule has 20 heavy (non-hydrogen) atoms. The van der Waals surface area contributed by atoms with Gasteiger partial charge in [-0.25, -0.2) is 18.1 Å². The van der Waals surface area contributed by atoms with E-state index in [-0.39, 0.29) is 10.9 Å². The highest BCUT2D eigenvalue weighted by atomic mass is 32.2. The van der Waals surface area contributed by atoms with E-state index in [0.717, 1.165) is 16.1 Å². The fourth-order valence-corrected chi connectivity index (χ4v) is 3.85. The molecule has 1 heterocycles. The van der Waals surface area contributed by atoms with Crippen LogP contribution in [0.5, 0.6) is 0 Å². The number of benzene rings is 1. The Morgan fingerprint density at radius 2 is 2.05 bits per heavy atom. The molecule has 0 bridgehead atoms. The van der Waals surface area contributed by atoms with Gasteiger partial charge < -0.3 is 5.73 Å². The van der Waals surface area contributed by atoms with Crippen molar-refractivity contribution in [3.63, 3.8) is 0 Å². The molecule has 0 radical (unpaired) electrons. The second-order valence-electron chi connectivity index (χ2n) is 4.67. The Bertz CT molecular complexity index is 686. The van der Waals surface area contributed by atoms with E-state index in [2.05, 4.69) is 9.71 Å². The van der Waals surface area contributed by atoms with Gasteiger partial charge >= 0.3 is 0 Å². The molecule has 0 amide bonds. The van der Waals surface area contributed by atoms with E-state index in [9.17, 15) is 8.42 Å². The quantitative estimate of drug-likeness (QED) is 0.849. The molecule has 2 rings (SSSR count). The van der Waals surface area contributed by atoms with Gasteiger partial charge in [0.2, 0.25) is 10.0 Å². The summed E-state index contributed by atoms with van der Waals surface area (Å²) >= 11 is 1.41. The van der Waals surface area contributed by atoms with E-state index in [1.54, 1.807) is 19.2 Å². The SMILES string of the molecule is Cc1cc(S(=O)(=O)NC(C)c2nccs2)cc(N)c1C. The Kier molecular flexibility index (Phi) is 4.12. The van der Waals surface area contributed by atoms with Gasteiger partial charge in [-0.2, -0.15) is 0 Å². The minimum absolute atomic E-state index is 0.182. The number of hydrogen-bond acceptors (Lipinski definition) is 5. The van der Waals surface area contributed by atoms with Crippen LogP contribution in [0, 0.1) is 13.8 Å². The largest absolute Gasteiger partial charge is 0.398 e. The van der Waals surface area contributed by atoms with Gasteiger partial charge in [-0.1, -0.05) is 0 Å². The van der Waals surface area contributed by atoms with E-state index < -0.39 is 10.0 Å². The van der Waals surface area contributed by atoms with Crippen molar-refractivity contribution >= 4 is 27.0 Å². The average Bonchev–Trinajstić information content (AvgIpc) is 2.88. The fraction of sp³-hybridized carbons (Fsp3) is 0.308. The van der Waals surface area contributed by atoms with Crippen molar-refractivity contribution in [3.8, 4) is 0 Å². The number of anilines is 1. The predicted molar refractivity (Wildman–Crippen MR) is 81.2 cm³/mol. The van der Waals surface area contributed by atoms with Crippen molar-refractivity contribution in [2.24, 2.45) is 0 Å². The van der Waals surface area contributed by atoms with Crippen molar-refractivity contribution < 1.29 is 8.42 Å². The van der Waals surface area contributed by atoms with E-state index in [4.69, 9.17) is 5.73 Å². The van der Waals surface area contributed by atoms with Crippen molar-refractivity contribution in [3.05, 3.63) is 39.8 Å². The zero-order valence-corrected chi connectivity index (χ0v) is 13.2. The maximum absolute atomic E-state index is 12.4. The molecule has 7 heteroatoms. The number of nitrogens with zero attached hydrogens (tertiary/aromatic N) is 1. The van der Waals surface area contributed by atoms with Crippen LogP contribution < -0.4 is 10.5 Å². The molecule has 108 valence electrons. The number of nitrogens with one attached hydrogen (secondary N) is 1. The lowest BCUT2D eigenvalue weighted by atomic mass is 10.1. The summed E-state index contributed by atoms with van der Waals surface area (Å²) in [7, 11) is -3.61. The van der Waals surface area contributed by atoms with Crippen LogP contribution in [0.3, 0.4) is 0 Å². The molecular weight excluding hydrogens is 294 g/mol. The molecule has 3 N–H and O–H groups in total. The first kappa shape index (κ1) is 15.0. The number of nitrogens with two attached hydrogens (primary N) is 1. The molecule has 0 aliphatic carbocycles. The molecule has 0 aliphatic rings. The molecule has 1 aromatic heterocycles. The minimum atomic E-state index is -3.61. The lowest BCUT2D eigenvalue weighted by molar-refractivity contribution is 0.566. The maximum atomic E-state index is 12.4. The van der Waals surface area contributed by atoms with Gasteiger partial charge in [-0.05, 0) is 44.0 Å². The van der Waals surface area contributed by atoms with Crippen molar-refractivity contribution in [1.82, 2.24) is 9.71 Å². The number of hydrogen-bond donors (Lipinski definition) is 2. The summed E-state index contributed by atoms with van der Waals surface area (Å²) in [6, 6.07) is 2.74. The summed E-state index contributed by atoms with van der Waals surface area (Å²) < 4.78 is 27.3. The minimum Gasteiger partial charge on any atom is -0.398 e. The van der Waals surface area contributed by atoms with E-state index >= 15 is 0 Å². The first-order chi connectivity index (χ1) is 9.31. The lowest BCUT2D eigenvalue weighted by Gasteiger charge is -2.14. The molecule has 2 aromatic rings. The van der Waals surface area contributed by atoms with Crippen molar-refractivity contribution in [2.45, 2.75) is 31.7 Å². The van der Waals surface area contributed by atoms with Crippen LogP contribution in [0.15, 0.2) is 28.6 Å². The molecule has 0 fully saturated rings. The third-order valence-corrected chi connectivity index (χ3v) is 5.62. The lowest BCUT2D eigenvalue weighted by Crippen LogP contribution is -2.27. The van der Waals surface area contributed by atoms with Gasteiger partial charge in [-0.3, -0.25) is 0 Å². The van der Waals surface area contributed by atoms with E-state index in [1.807, 2.05) is 19.2 Å². The Hall–Kier alpha value is -1.44. The van der Waals surface area contributed by atoms with Crippen LogP contribution in [-0.2, 0) is 10.0 Å². The molecule has 1 unspecified atom stereocenters. The van der Waals surface area contributed by atoms with Crippen LogP contribution in [0.2, 0.25) is 0 Å². The predicted octanol–water partition coefficient (Wildman–Crippen LogP) is 2.38. The molecule has 1 aromatic carbocycles. The standard InChI is InChI=1S/C13H17N3O2S2/c1-8-6-11(7-12(14)9(8)2)20(17,18)16-10(3)13-15-4-5-19-13/h4-7,10,16H,14H2,1-3H3. The van der Waals surface area contributed by atoms with Crippen LogP contribution >= 0.6 is 11.3 Å². The number of rotatable bonds is 4. The topological polar surface area (TPSA) is 85.1 Å². The summed E-state index contributed by atoms with van der Waals surface area (Å²) in [4.78, 5) is 4.29. The van der Waals surface area contributed by atoms with Crippen molar-refractivity contribution in [2.75, 3.05) is 5.73 Å². The molecule has 0 saturated heterocycles. The summed E-state index contributed by atoms with van der Waals surface area (Å²) in [5.41, 5.74) is 8.07. The normalized spacial score (nSPS) is 13.3. The third-order valence-electron chi connectivity index (χ3n) is 3.15. The second-order valence-corrected chi connectivity index (χ2v) is 7.31. The van der Waals surface area contributed by atoms with Crippen LogP contribution in [0.25, 0.3) is 0 Å². The summed E-state index contributed by atoms with van der Waals surface area (Å²) in [5.74, 6) is 0. The monoisotopic (exact) mass is 311 g/mol. The van der Waals surface area contributed by atoms with Crippen LogP contribution in [-0.4, -0.2) is 13.4 Å². The van der Waals surface area contributed by atoms with Gasteiger partial charge in [-0.15, -0.1) is 11.3 Å². The van der Waals surface area contributed by atoms with E-state index in [0.29, 0.717) is 5.69 Å². The number of nitrogen functional groups attached to an aromatic ring is 1. The fourth-order valence-electron chi connectivity index (χ4n) is 1.81. The van der Waals surface area contributed by atoms with Gasteiger partial charge in [0.15, 0.2) is 0 Å². The van der Waals surface area contributed by atoms with E-state index in [1.165, 1.54) is 17.4 Å². The zero-order chi connectivity index (χ0) is 14.9. The molecular formula is C13H17N3O2S2. The third kappa shape index (κ3) is 3.00. The van der Waals surface area contributed by atoms with Gasteiger partial charge in [0.25, 0.3) is 0 Å². The Balaban J connectivity index is 2.31. The number of aryl methyl sites for hydroxylation is 1. The van der Waals surface area contributed by atoms with Gasteiger partial charge in [0.05, 0.1) is 10.9 Å². The summed E-state index contributed by atoms with van der Waals surface area (Å²) in [6.45, 7) is 5.47. The first-order valence-corrected chi connectivity index (χ1v) is 8.46. The highest BCUT2D eigenvalue weighted by Crippen LogP contribution is 2.23. The number of sulfonamides is 1. The van der Waals surface area contributed by atoms with Crippen LogP contribution in [0.4, 0.5) is 5.69 Å². The molecule has 0 aliphatic heterocycles. The maximum Gasteiger partial charge on any atom is 0.241 e. The number of aromatic nitrogens is 1. The highest BCUT2D eigenvalue weighted by Gasteiger charge is 2.20. The molecule has 5 nitrogen and oxygen atoms in total. The molecule has 0 saturated carbocycles. The number of thiazole rings is 1.